The number of thiocarbonyl (C=S) groups is 1. The van der Waals surface area contributed by atoms with Crippen molar-refractivity contribution in [3.63, 3.8) is 0 Å². The molecule has 1 heterocycles. The Morgan fingerprint density at radius 1 is 0.786 bits per heavy atom. The fraction of sp³-hybridized carbons (Fsp3) is 0.240. The topological polar surface area (TPSA) is 12.5 Å². The number of nitrogens with zero attached hydrogens (tertiary/aromatic N) is 1. The highest BCUT2D eigenvalue weighted by Crippen LogP contribution is 2.38. The summed E-state index contributed by atoms with van der Waals surface area (Å²) in [6.45, 7) is 1.82. The second kappa shape index (κ2) is 8.57. The van der Waals surface area contributed by atoms with E-state index in [4.69, 9.17) is 17.0 Å². The van der Waals surface area contributed by atoms with E-state index in [0.29, 0.717) is 0 Å². The number of hydrogen-bond donors (Lipinski definition) is 0. The van der Waals surface area contributed by atoms with Crippen LogP contribution in [0.1, 0.15) is 24.0 Å². The van der Waals surface area contributed by atoms with Crippen molar-refractivity contribution in [3.05, 3.63) is 102 Å². The van der Waals surface area contributed by atoms with Crippen LogP contribution in [-0.2, 0) is 12.0 Å². The third kappa shape index (κ3) is 4.26. The monoisotopic (exact) mass is 387 g/mol. The first kappa shape index (κ1) is 18.7. The molecule has 2 nitrogen and oxygen atoms in total. The van der Waals surface area contributed by atoms with Crippen molar-refractivity contribution < 1.29 is 4.74 Å². The average molecular weight is 388 g/mol. The lowest BCUT2D eigenvalue weighted by atomic mass is 9.84. The second-order valence-corrected chi connectivity index (χ2v) is 7.79. The number of para-hydroxylation sites is 1. The smallest absolute Gasteiger partial charge is 0.137 e. The van der Waals surface area contributed by atoms with Crippen LogP contribution in [0.4, 0.5) is 0 Å². The maximum absolute atomic E-state index is 6.61. The Hall–Kier alpha value is -2.65. The second-order valence-electron chi connectivity index (χ2n) is 7.32. The van der Waals surface area contributed by atoms with E-state index >= 15 is 0 Å². The first-order chi connectivity index (χ1) is 13.8. The van der Waals surface area contributed by atoms with Gasteiger partial charge in [0.15, 0.2) is 0 Å². The van der Waals surface area contributed by atoms with E-state index < -0.39 is 0 Å². The van der Waals surface area contributed by atoms with E-state index in [9.17, 15) is 0 Å². The standard InChI is InChI=1S/C25H25NOS/c28-24(20-21-10-4-1-5-11-21)26-18-16-25(17-19-26,22-12-6-2-7-13-22)27-23-14-8-3-9-15-23/h1-15H,16-20H2. The predicted molar refractivity (Wildman–Crippen MR) is 119 cm³/mol. The van der Waals surface area contributed by atoms with Crippen molar-refractivity contribution in [3.8, 4) is 5.75 Å². The van der Waals surface area contributed by atoms with Gasteiger partial charge in [0.1, 0.15) is 11.4 Å². The van der Waals surface area contributed by atoms with Crippen LogP contribution in [0.25, 0.3) is 0 Å². The van der Waals surface area contributed by atoms with Crippen LogP contribution in [0, 0.1) is 0 Å². The molecule has 4 rings (SSSR count). The first-order valence-corrected chi connectivity index (χ1v) is 10.3. The molecule has 28 heavy (non-hydrogen) atoms. The van der Waals surface area contributed by atoms with Crippen molar-refractivity contribution in [1.82, 2.24) is 4.90 Å². The zero-order chi connectivity index (χ0) is 19.2. The van der Waals surface area contributed by atoms with Gasteiger partial charge in [0.2, 0.25) is 0 Å². The maximum Gasteiger partial charge on any atom is 0.137 e. The Morgan fingerprint density at radius 2 is 1.32 bits per heavy atom. The number of ether oxygens (including phenoxy) is 1. The molecule has 0 spiro atoms. The van der Waals surface area contributed by atoms with Gasteiger partial charge < -0.3 is 9.64 Å². The molecular formula is C25H25NOS. The molecule has 1 saturated heterocycles. The Bertz CT molecular complexity index is 888. The lowest BCUT2D eigenvalue weighted by Gasteiger charge is -2.43. The van der Waals surface area contributed by atoms with Crippen molar-refractivity contribution in [2.24, 2.45) is 0 Å². The van der Waals surface area contributed by atoms with Gasteiger partial charge in [0.05, 0.1) is 4.99 Å². The van der Waals surface area contributed by atoms with Gasteiger partial charge in [0.25, 0.3) is 0 Å². The zero-order valence-corrected chi connectivity index (χ0v) is 16.8. The predicted octanol–water partition coefficient (Wildman–Crippen LogP) is 5.63. The summed E-state index contributed by atoms with van der Waals surface area (Å²) in [7, 11) is 0. The number of rotatable bonds is 5. The van der Waals surface area contributed by atoms with Crippen LogP contribution in [-0.4, -0.2) is 23.0 Å². The van der Waals surface area contributed by atoms with Crippen LogP contribution in [0.2, 0.25) is 0 Å². The molecule has 0 aromatic heterocycles. The Kier molecular flexibility index (Phi) is 5.73. The molecule has 3 aromatic carbocycles. The quantitative estimate of drug-likeness (QED) is 0.527. The molecule has 0 atom stereocenters. The Balaban J connectivity index is 1.50. The molecule has 1 fully saturated rings. The average Bonchev–Trinajstić information content (AvgIpc) is 2.76. The van der Waals surface area contributed by atoms with Crippen molar-refractivity contribution in [2.45, 2.75) is 24.9 Å². The van der Waals surface area contributed by atoms with E-state index in [0.717, 1.165) is 43.1 Å². The van der Waals surface area contributed by atoms with Gasteiger partial charge in [-0.2, -0.15) is 0 Å². The van der Waals surface area contributed by atoms with Gasteiger partial charge in [-0.1, -0.05) is 91.1 Å². The highest BCUT2D eigenvalue weighted by molar-refractivity contribution is 7.80. The third-order valence-corrected chi connectivity index (χ3v) is 5.88. The van der Waals surface area contributed by atoms with Crippen LogP contribution in [0.15, 0.2) is 91.0 Å². The van der Waals surface area contributed by atoms with Crippen LogP contribution in [0.5, 0.6) is 5.75 Å². The minimum atomic E-state index is -0.304. The van der Waals surface area contributed by atoms with Gasteiger partial charge in [-0.05, 0) is 23.3 Å². The molecule has 142 valence electrons. The first-order valence-electron chi connectivity index (χ1n) is 9.86. The van der Waals surface area contributed by atoms with E-state index in [1.165, 1.54) is 11.1 Å². The summed E-state index contributed by atoms with van der Waals surface area (Å²) in [5.74, 6) is 0.923. The molecule has 0 aliphatic carbocycles. The van der Waals surface area contributed by atoms with Gasteiger partial charge in [-0.25, -0.2) is 0 Å². The number of piperidine rings is 1. The number of benzene rings is 3. The third-order valence-electron chi connectivity index (χ3n) is 5.48. The maximum atomic E-state index is 6.61. The van der Waals surface area contributed by atoms with Crippen molar-refractivity contribution in [2.75, 3.05) is 13.1 Å². The van der Waals surface area contributed by atoms with Gasteiger partial charge >= 0.3 is 0 Å². The fourth-order valence-electron chi connectivity index (χ4n) is 3.91. The van der Waals surface area contributed by atoms with Gasteiger partial charge in [-0.15, -0.1) is 0 Å². The summed E-state index contributed by atoms with van der Waals surface area (Å²) in [5.41, 5.74) is 2.21. The molecule has 0 bridgehead atoms. The molecule has 0 saturated carbocycles. The van der Waals surface area contributed by atoms with Crippen LogP contribution < -0.4 is 4.74 Å². The zero-order valence-electron chi connectivity index (χ0n) is 16.0. The van der Waals surface area contributed by atoms with Crippen LogP contribution >= 0.6 is 12.2 Å². The van der Waals surface area contributed by atoms with E-state index in [1.807, 2.05) is 36.4 Å². The summed E-state index contributed by atoms with van der Waals surface area (Å²) in [6.07, 6.45) is 2.66. The minimum Gasteiger partial charge on any atom is -0.482 e. The van der Waals surface area contributed by atoms with E-state index in [2.05, 4.69) is 59.5 Å². The lowest BCUT2D eigenvalue weighted by molar-refractivity contribution is 0.0133. The minimum absolute atomic E-state index is 0.304. The van der Waals surface area contributed by atoms with E-state index in [-0.39, 0.29) is 5.60 Å². The van der Waals surface area contributed by atoms with Crippen molar-refractivity contribution in [1.29, 1.82) is 0 Å². The van der Waals surface area contributed by atoms with Gasteiger partial charge in [-0.3, -0.25) is 0 Å². The van der Waals surface area contributed by atoms with Gasteiger partial charge in [0, 0.05) is 32.4 Å². The Morgan fingerprint density at radius 3 is 1.93 bits per heavy atom. The molecule has 1 aliphatic rings. The molecule has 0 radical (unpaired) electrons. The largest absolute Gasteiger partial charge is 0.482 e. The van der Waals surface area contributed by atoms with Crippen molar-refractivity contribution >= 4 is 17.2 Å². The summed E-state index contributed by atoms with van der Waals surface area (Å²) in [6, 6.07) is 31.2. The molecule has 1 aliphatic heterocycles. The molecular weight excluding hydrogens is 362 g/mol. The highest BCUT2D eigenvalue weighted by Gasteiger charge is 2.39. The molecule has 0 amide bonds. The molecule has 0 unspecified atom stereocenters. The fourth-order valence-corrected chi connectivity index (χ4v) is 4.25. The number of likely N-dealkylation sites (tertiary alicyclic amines) is 1. The molecule has 3 heteroatoms. The summed E-state index contributed by atoms with van der Waals surface area (Å²) in [4.78, 5) is 3.37. The summed E-state index contributed by atoms with van der Waals surface area (Å²) in [5, 5.41) is 0. The van der Waals surface area contributed by atoms with Crippen LogP contribution in [0.3, 0.4) is 0 Å². The Labute approximate surface area is 172 Å². The molecule has 3 aromatic rings. The lowest BCUT2D eigenvalue weighted by Crippen LogP contribution is -2.48. The number of hydrogen-bond acceptors (Lipinski definition) is 2. The summed E-state index contributed by atoms with van der Waals surface area (Å²) >= 11 is 5.76. The molecule has 0 N–H and O–H groups in total. The normalized spacial score (nSPS) is 15.8. The SMILES string of the molecule is S=C(Cc1ccccc1)N1CCC(Oc2ccccc2)(c2ccccc2)CC1. The van der Waals surface area contributed by atoms with E-state index in [1.54, 1.807) is 0 Å². The summed E-state index contributed by atoms with van der Waals surface area (Å²) < 4.78 is 6.61. The highest BCUT2D eigenvalue weighted by atomic mass is 32.1.